The van der Waals surface area contributed by atoms with Crippen LogP contribution in [0.3, 0.4) is 0 Å². The van der Waals surface area contributed by atoms with Crippen LogP contribution in [0.1, 0.15) is 20.8 Å². The molecule has 0 aliphatic rings. The molecule has 0 bridgehead atoms. The molecule has 0 rings (SSSR count). The average molecular weight is 194 g/mol. The summed E-state index contributed by atoms with van der Waals surface area (Å²) in [6.07, 6.45) is -1.56. The van der Waals surface area contributed by atoms with Crippen molar-refractivity contribution in [1.82, 2.24) is 5.39 Å². The number of esters is 1. The molecule has 13 heavy (non-hydrogen) atoms. The van der Waals surface area contributed by atoms with Crippen LogP contribution in [0.5, 0.6) is 0 Å². The minimum absolute atomic E-state index is 0.644. The third-order valence-electron chi connectivity index (χ3n) is 0.847. The van der Waals surface area contributed by atoms with Gasteiger partial charge in [0.1, 0.15) is 5.60 Å². The normalized spacial score (nSPS) is 14.4. The van der Waals surface area contributed by atoms with Gasteiger partial charge in [-0.05, 0) is 20.8 Å². The SMILES string of the molecule is CC(C)(C)OC(=O)C(N)ON(O)O. The summed E-state index contributed by atoms with van der Waals surface area (Å²) < 4.78 is 4.76. The van der Waals surface area contributed by atoms with E-state index in [4.69, 9.17) is 20.9 Å². The van der Waals surface area contributed by atoms with E-state index in [1.54, 1.807) is 20.8 Å². The van der Waals surface area contributed by atoms with Gasteiger partial charge in [-0.3, -0.25) is 16.1 Å². The first-order chi connectivity index (χ1) is 5.72. The smallest absolute Gasteiger partial charge is 0.353 e. The van der Waals surface area contributed by atoms with Gasteiger partial charge in [-0.1, -0.05) is 0 Å². The minimum atomic E-state index is -1.56. The molecule has 0 aromatic rings. The van der Waals surface area contributed by atoms with E-state index in [-0.39, 0.29) is 0 Å². The molecule has 4 N–H and O–H groups in total. The molecule has 1 unspecified atom stereocenters. The minimum Gasteiger partial charge on any atom is -0.457 e. The van der Waals surface area contributed by atoms with Crippen molar-refractivity contribution in [2.75, 3.05) is 0 Å². The molecule has 0 saturated heterocycles. The molecular formula is C6H14N2O5. The predicted molar refractivity (Wildman–Crippen MR) is 40.3 cm³/mol. The Morgan fingerprint density at radius 3 is 2.23 bits per heavy atom. The lowest BCUT2D eigenvalue weighted by atomic mass is 10.2. The van der Waals surface area contributed by atoms with E-state index < -0.39 is 23.2 Å². The van der Waals surface area contributed by atoms with Crippen LogP contribution in [0.15, 0.2) is 0 Å². The summed E-state index contributed by atoms with van der Waals surface area (Å²) in [7, 11) is 0. The molecule has 78 valence electrons. The van der Waals surface area contributed by atoms with Gasteiger partial charge in [0.25, 0.3) is 0 Å². The summed E-state index contributed by atoms with van der Waals surface area (Å²) in [5, 5.41) is 15.7. The van der Waals surface area contributed by atoms with E-state index in [9.17, 15) is 4.79 Å². The predicted octanol–water partition coefficient (Wildman–Crippen LogP) is -0.375. The summed E-state index contributed by atoms with van der Waals surface area (Å²) in [5.41, 5.74) is 4.37. The molecule has 0 amide bonds. The molecule has 7 nitrogen and oxygen atoms in total. The number of carbonyl (C=O) groups is 1. The van der Waals surface area contributed by atoms with Crippen molar-refractivity contribution in [3.05, 3.63) is 0 Å². The van der Waals surface area contributed by atoms with Crippen molar-refractivity contribution < 1.29 is 24.8 Å². The highest BCUT2D eigenvalue weighted by Gasteiger charge is 2.24. The number of nitrogens with zero attached hydrogens (tertiary/aromatic N) is 1. The number of nitrogens with two attached hydrogens (primary N) is 1. The molecular weight excluding hydrogens is 180 g/mol. The van der Waals surface area contributed by atoms with Crippen molar-refractivity contribution in [3.8, 4) is 0 Å². The lowest BCUT2D eigenvalue weighted by Crippen LogP contribution is -2.42. The molecule has 0 aliphatic carbocycles. The van der Waals surface area contributed by atoms with Crippen LogP contribution in [-0.4, -0.2) is 33.6 Å². The fourth-order valence-corrected chi connectivity index (χ4v) is 0.504. The molecule has 0 heterocycles. The Morgan fingerprint density at radius 2 is 1.92 bits per heavy atom. The van der Waals surface area contributed by atoms with Crippen molar-refractivity contribution in [3.63, 3.8) is 0 Å². The number of rotatable bonds is 3. The molecule has 0 aromatic carbocycles. The van der Waals surface area contributed by atoms with Gasteiger partial charge in [0.15, 0.2) is 0 Å². The molecule has 0 aliphatic heterocycles. The van der Waals surface area contributed by atoms with Crippen LogP contribution in [0, 0.1) is 0 Å². The largest absolute Gasteiger partial charge is 0.457 e. The highest BCUT2D eigenvalue weighted by atomic mass is 17.1. The number of hydrogen-bond donors (Lipinski definition) is 3. The standard InChI is InChI=1S/C6H14N2O5/c1-6(2,3)12-5(9)4(7)13-8(10)11/h4,10-11H,7H2,1-3H3. The summed E-state index contributed by atoms with van der Waals surface area (Å²) >= 11 is 0. The fourth-order valence-electron chi connectivity index (χ4n) is 0.504. The summed E-state index contributed by atoms with van der Waals surface area (Å²) in [4.78, 5) is 15.0. The Morgan fingerprint density at radius 1 is 1.46 bits per heavy atom. The van der Waals surface area contributed by atoms with Gasteiger partial charge in [0.05, 0.1) is 5.39 Å². The maximum absolute atomic E-state index is 11.0. The summed E-state index contributed by atoms with van der Waals surface area (Å²) in [6.45, 7) is 4.94. The summed E-state index contributed by atoms with van der Waals surface area (Å²) in [5.74, 6) is -0.888. The molecule has 0 fully saturated rings. The van der Waals surface area contributed by atoms with Crippen LogP contribution >= 0.6 is 0 Å². The van der Waals surface area contributed by atoms with Crippen molar-refractivity contribution >= 4 is 5.97 Å². The number of carbonyl (C=O) groups excluding carboxylic acids is 1. The Hall–Kier alpha value is -0.730. The van der Waals surface area contributed by atoms with Crippen molar-refractivity contribution in [2.45, 2.75) is 32.6 Å². The Labute approximate surface area is 75.5 Å². The first-order valence-electron chi connectivity index (χ1n) is 3.55. The topological polar surface area (TPSA) is 105 Å². The third kappa shape index (κ3) is 6.43. The first-order valence-corrected chi connectivity index (χ1v) is 3.55. The average Bonchev–Trinajstić information content (AvgIpc) is 1.81. The van der Waals surface area contributed by atoms with E-state index in [1.165, 1.54) is 0 Å². The van der Waals surface area contributed by atoms with Gasteiger partial charge in [-0.15, -0.1) is 0 Å². The lowest BCUT2D eigenvalue weighted by Gasteiger charge is -2.22. The molecule has 1 atom stereocenters. The van der Waals surface area contributed by atoms with Gasteiger partial charge in [0.2, 0.25) is 6.23 Å². The van der Waals surface area contributed by atoms with Crippen LogP contribution in [0.4, 0.5) is 0 Å². The number of ether oxygens (including phenoxy) is 1. The van der Waals surface area contributed by atoms with Crippen LogP contribution in [-0.2, 0) is 14.4 Å². The Balaban J connectivity index is 3.97. The second-order valence-electron chi connectivity index (χ2n) is 3.31. The molecule has 0 radical (unpaired) electrons. The van der Waals surface area contributed by atoms with Crippen molar-refractivity contribution in [1.29, 1.82) is 0 Å². The zero-order valence-electron chi connectivity index (χ0n) is 7.72. The Bertz CT molecular complexity index is 176. The number of hydrogen-bond acceptors (Lipinski definition) is 7. The molecule has 7 heteroatoms. The maximum atomic E-state index is 11.0. The van der Waals surface area contributed by atoms with E-state index in [0.717, 1.165) is 0 Å². The Kier molecular flexibility index (Phi) is 4.24. The zero-order valence-corrected chi connectivity index (χ0v) is 7.72. The molecule has 0 spiro atoms. The molecule has 0 aromatic heterocycles. The fraction of sp³-hybridized carbons (Fsp3) is 0.833. The van der Waals surface area contributed by atoms with Crippen LogP contribution in [0.25, 0.3) is 0 Å². The molecule has 0 saturated carbocycles. The van der Waals surface area contributed by atoms with Crippen LogP contribution < -0.4 is 5.73 Å². The zero-order chi connectivity index (χ0) is 10.6. The second-order valence-corrected chi connectivity index (χ2v) is 3.31. The first kappa shape index (κ1) is 12.3. The van der Waals surface area contributed by atoms with E-state index >= 15 is 0 Å². The highest BCUT2D eigenvalue weighted by molar-refractivity contribution is 5.74. The van der Waals surface area contributed by atoms with Crippen molar-refractivity contribution in [2.24, 2.45) is 5.73 Å². The van der Waals surface area contributed by atoms with Gasteiger partial charge >= 0.3 is 5.97 Å². The van der Waals surface area contributed by atoms with E-state index in [0.29, 0.717) is 0 Å². The maximum Gasteiger partial charge on any atom is 0.353 e. The monoisotopic (exact) mass is 194 g/mol. The lowest BCUT2D eigenvalue weighted by molar-refractivity contribution is -0.501. The van der Waals surface area contributed by atoms with Gasteiger partial charge in [-0.25, -0.2) is 9.63 Å². The quantitative estimate of drug-likeness (QED) is 0.319. The van der Waals surface area contributed by atoms with E-state index in [1.807, 2.05) is 0 Å². The van der Waals surface area contributed by atoms with E-state index in [2.05, 4.69) is 4.84 Å². The summed E-state index contributed by atoms with van der Waals surface area (Å²) in [6, 6.07) is 0. The third-order valence-corrected chi connectivity index (χ3v) is 0.847. The van der Waals surface area contributed by atoms with Crippen LogP contribution in [0.2, 0.25) is 0 Å². The van der Waals surface area contributed by atoms with Gasteiger partial charge < -0.3 is 4.74 Å². The second kappa shape index (κ2) is 4.49. The van der Waals surface area contributed by atoms with Gasteiger partial charge in [-0.2, -0.15) is 0 Å². The highest BCUT2D eigenvalue weighted by Crippen LogP contribution is 2.08. The van der Waals surface area contributed by atoms with Gasteiger partial charge in [0, 0.05) is 0 Å².